The first kappa shape index (κ1) is 30.5. The minimum absolute atomic E-state index is 0.207. The van der Waals surface area contributed by atoms with Crippen LogP contribution in [0.25, 0.3) is 11.2 Å². The molecule has 4 aromatic carbocycles. The van der Waals surface area contributed by atoms with Crippen molar-refractivity contribution in [2.75, 3.05) is 12.8 Å². The van der Waals surface area contributed by atoms with Crippen LogP contribution in [0.15, 0.2) is 128 Å². The lowest BCUT2D eigenvalue weighted by atomic mass is 9.79. The number of nitrogens with two attached hydrogens (primary N) is 1. The molecule has 47 heavy (non-hydrogen) atoms. The number of fused-ring (bicyclic) bond motifs is 1. The van der Waals surface area contributed by atoms with Gasteiger partial charge in [0, 0.05) is 6.42 Å². The second kappa shape index (κ2) is 12.9. The molecule has 0 amide bonds. The minimum Gasteiger partial charge on any atom is -0.497 e. The van der Waals surface area contributed by atoms with Gasteiger partial charge in [0.1, 0.15) is 41.5 Å². The fourth-order valence-corrected chi connectivity index (χ4v) is 6.45. The average molecular weight is 630 g/mol. The van der Waals surface area contributed by atoms with Gasteiger partial charge in [-0.05, 0) is 34.4 Å². The number of nitrogen functional groups attached to an aromatic ring is 1. The van der Waals surface area contributed by atoms with Crippen LogP contribution in [0.5, 0.6) is 5.75 Å². The molecule has 238 valence electrons. The predicted molar refractivity (Wildman–Crippen MR) is 176 cm³/mol. The van der Waals surface area contributed by atoms with Crippen LogP contribution < -0.4 is 10.5 Å². The Labute approximate surface area is 272 Å². The zero-order chi connectivity index (χ0) is 32.4. The highest BCUT2D eigenvalue weighted by atomic mass is 16.6. The number of aliphatic hydroxyl groups excluding tert-OH is 2. The van der Waals surface area contributed by atoms with Crippen molar-refractivity contribution in [1.82, 2.24) is 19.5 Å². The second-order valence-corrected chi connectivity index (χ2v) is 11.5. The minimum atomic E-state index is -1.32. The van der Waals surface area contributed by atoms with Gasteiger partial charge in [0.2, 0.25) is 0 Å². The largest absolute Gasteiger partial charge is 0.497 e. The summed E-state index contributed by atoms with van der Waals surface area (Å²) in [5.41, 5.74) is 9.25. The summed E-state index contributed by atoms with van der Waals surface area (Å²) in [6, 6.07) is 37.6. The summed E-state index contributed by atoms with van der Waals surface area (Å²) < 4.78 is 21.1. The molecule has 1 unspecified atom stereocenters. The van der Waals surface area contributed by atoms with E-state index in [0.717, 1.165) is 22.3 Å². The highest BCUT2D eigenvalue weighted by Crippen LogP contribution is 2.45. The van der Waals surface area contributed by atoms with Crippen molar-refractivity contribution in [3.63, 3.8) is 0 Å². The van der Waals surface area contributed by atoms with E-state index in [9.17, 15) is 10.2 Å². The number of imidazole rings is 1. The number of aliphatic hydroxyl groups is 2. The van der Waals surface area contributed by atoms with Crippen LogP contribution in [-0.2, 0) is 21.5 Å². The maximum atomic E-state index is 11.7. The molecule has 10 heteroatoms. The van der Waals surface area contributed by atoms with Gasteiger partial charge >= 0.3 is 0 Å². The van der Waals surface area contributed by atoms with Crippen molar-refractivity contribution in [3.8, 4) is 5.75 Å². The van der Waals surface area contributed by atoms with Gasteiger partial charge in [-0.3, -0.25) is 4.57 Å². The summed E-state index contributed by atoms with van der Waals surface area (Å²) in [5, 5.41) is 23.2. The van der Waals surface area contributed by atoms with Gasteiger partial charge in [0.25, 0.3) is 0 Å². The predicted octanol–water partition coefficient (Wildman–Crippen LogP) is 4.66. The van der Waals surface area contributed by atoms with E-state index in [0.29, 0.717) is 23.3 Å². The molecule has 1 aliphatic rings. The van der Waals surface area contributed by atoms with Gasteiger partial charge in [-0.25, -0.2) is 15.0 Å². The zero-order valence-corrected chi connectivity index (χ0v) is 25.7. The number of methoxy groups -OCH3 is 1. The third-order valence-corrected chi connectivity index (χ3v) is 8.77. The van der Waals surface area contributed by atoms with Crippen LogP contribution in [0, 0.1) is 0 Å². The SMILES string of the molecule is COc1ccc(C(OC(Cc2ccccc2)[C@H]2O[C@@H](n3cnc4c(N)ncnc43)[C@H](O)[C@@H]2O)(c2ccccc2)c2ccccc2)cc1. The van der Waals surface area contributed by atoms with Gasteiger partial charge < -0.3 is 30.2 Å². The number of benzene rings is 4. The van der Waals surface area contributed by atoms with E-state index in [1.54, 1.807) is 11.7 Å². The smallest absolute Gasteiger partial charge is 0.167 e. The summed E-state index contributed by atoms with van der Waals surface area (Å²) >= 11 is 0. The number of anilines is 1. The van der Waals surface area contributed by atoms with Gasteiger partial charge in [-0.2, -0.15) is 0 Å². The molecule has 0 saturated carbocycles. The van der Waals surface area contributed by atoms with Gasteiger partial charge in [0.15, 0.2) is 17.7 Å². The molecule has 7 rings (SSSR count). The lowest BCUT2D eigenvalue weighted by Crippen LogP contribution is -2.47. The number of hydrogen-bond acceptors (Lipinski definition) is 9. The Balaban J connectivity index is 1.37. The Morgan fingerprint density at radius 2 is 1.38 bits per heavy atom. The molecule has 1 saturated heterocycles. The van der Waals surface area contributed by atoms with Gasteiger partial charge in [-0.1, -0.05) is 103 Å². The Bertz CT molecular complexity index is 1880. The van der Waals surface area contributed by atoms with E-state index in [4.69, 9.17) is 19.9 Å². The van der Waals surface area contributed by atoms with Crippen LogP contribution >= 0.6 is 0 Å². The molecule has 4 N–H and O–H groups in total. The van der Waals surface area contributed by atoms with E-state index in [-0.39, 0.29) is 5.82 Å². The first-order chi connectivity index (χ1) is 23.0. The van der Waals surface area contributed by atoms with Crippen LogP contribution in [0.4, 0.5) is 5.82 Å². The third-order valence-electron chi connectivity index (χ3n) is 8.77. The van der Waals surface area contributed by atoms with Crippen LogP contribution in [0.2, 0.25) is 0 Å². The molecule has 0 bridgehead atoms. The molecule has 0 aliphatic carbocycles. The molecule has 3 heterocycles. The molecule has 10 nitrogen and oxygen atoms in total. The number of rotatable bonds is 10. The molecule has 0 spiro atoms. The monoisotopic (exact) mass is 629 g/mol. The molecular weight excluding hydrogens is 594 g/mol. The highest BCUT2D eigenvalue weighted by molar-refractivity contribution is 5.81. The van der Waals surface area contributed by atoms with Gasteiger partial charge in [-0.15, -0.1) is 0 Å². The van der Waals surface area contributed by atoms with E-state index in [1.165, 1.54) is 12.7 Å². The number of ether oxygens (including phenoxy) is 3. The van der Waals surface area contributed by atoms with Crippen molar-refractivity contribution >= 4 is 17.0 Å². The van der Waals surface area contributed by atoms with Crippen LogP contribution in [0.3, 0.4) is 0 Å². The molecule has 1 fully saturated rings. The molecule has 0 radical (unpaired) electrons. The molecule has 6 aromatic rings. The summed E-state index contributed by atoms with van der Waals surface area (Å²) in [5.74, 6) is 0.917. The summed E-state index contributed by atoms with van der Waals surface area (Å²) in [6.07, 6.45) is -2.18. The van der Waals surface area contributed by atoms with Crippen molar-refractivity contribution in [2.24, 2.45) is 0 Å². The van der Waals surface area contributed by atoms with E-state index >= 15 is 0 Å². The number of hydrogen-bond donors (Lipinski definition) is 3. The number of aromatic nitrogens is 4. The quantitative estimate of drug-likeness (QED) is 0.185. The van der Waals surface area contributed by atoms with Gasteiger partial charge in [0.05, 0.1) is 19.5 Å². The summed E-state index contributed by atoms with van der Waals surface area (Å²) in [7, 11) is 1.63. The standard InChI is InChI=1S/C37H35N5O5/c1-45-28-19-17-27(18-20-28)37(25-13-7-3-8-14-25,26-15-9-4-10-16-26)47-29(21-24-11-5-2-6-12-24)33-31(43)32(44)36(46-33)42-23-41-30-34(38)39-22-40-35(30)42/h2-20,22-23,29,31-33,36,43-44H,21H2,1H3,(H2,38,39,40)/t29?,31-,32+,33+,36+/m0/s1. The summed E-state index contributed by atoms with van der Waals surface area (Å²) in [6.45, 7) is 0. The van der Waals surface area contributed by atoms with Crippen LogP contribution in [0.1, 0.15) is 28.5 Å². The second-order valence-electron chi connectivity index (χ2n) is 11.5. The Kier molecular flexibility index (Phi) is 8.40. The molecule has 1 aliphatic heterocycles. The number of nitrogens with zero attached hydrogens (tertiary/aromatic N) is 4. The van der Waals surface area contributed by atoms with E-state index in [1.807, 2.05) is 115 Å². The fraction of sp³-hybridized carbons (Fsp3) is 0.216. The molecule has 5 atom stereocenters. The normalized spacial score (nSPS) is 20.3. The lowest BCUT2D eigenvalue weighted by molar-refractivity contribution is -0.143. The average Bonchev–Trinajstić information content (AvgIpc) is 3.69. The first-order valence-electron chi connectivity index (χ1n) is 15.4. The maximum absolute atomic E-state index is 11.7. The Hall–Kier alpha value is -5.13. The lowest BCUT2D eigenvalue weighted by Gasteiger charge is -2.41. The van der Waals surface area contributed by atoms with Crippen molar-refractivity contribution in [3.05, 3.63) is 150 Å². The summed E-state index contributed by atoms with van der Waals surface area (Å²) in [4.78, 5) is 12.7. The third kappa shape index (κ3) is 5.61. The van der Waals surface area contributed by atoms with Crippen molar-refractivity contribution in [1.29, 1.82) is 0 Å². The van der Waals surface area contributed by atoms with Crippen molar-refractivity contribution in [2.45, 2.75) is 42.7 Å². The van der Waals surface area contributed by atoms with E-state index in [2.05, 4.69) is 15.0 Å². The van der Waals surface area contributed by atoms with E-state index < -0.39 is 36.2 Å². The molecular formula is C37H35N5O5. The van der Waals surface area contributed by atoms with Crippen LogP contribution in [-0.4, -0.2) is 61.3 Å². The maximum Gasteiger partial charge on any atom is 0.167 e. The topological polar surface area (TPSA) is 138 Å². The first-order valence-corrected chi connectivity index (χ1v) is 15.4. The van der Waals surface area contributed by atoms with Crippen molar-refractivity contribution < 1.29 is 24.4 Å². The zero-order valence-electron chi connectivity index (χ0n) is 25.7. The Morgan fingerprint density at radius 1 is 0.787 bits per heavy atom. The molecule has 2 aromatic heterocycles. The fourth-order valence-electron chi connectivity index (χ4n) is 6.45. The Morgan fingerprint density at radius 3 is 2.00 bits per heavy atom. The highest BCUT2D eigenvalue weighted by Gasteiger charge is 2.51.